The number of amides is 2. The van der Waals surface area contributed by atoms with Crippen LogP contribution < -0.4 is 15.5 Å². The molecule has 9 nitrogen and oxygen atoms in total. The molecule has 2 unspecified atom stereocenters. The zero-order chi connectivity index (χ0) is 26.0. The van der Waals surface area contributed by atoms with Crippen molar-refractivity contribution in [2.75, 3.05) is 20.3 Å². The Morgan fingerprint density at radius 3 is 2.66 bits per heavy atom. The lowest BCUT2D eigenvalue weighted by molar-refractivity contribution is -0.137. The van der Waals surface area contributed by atoms with Gasteiger partial charge in [-0.2, -0.15) is 5.10 Å². The first-order valence-electron chi connectivity index (χ1n) is 12.8. The van der Waals surface area contributed by atoms with Gasteiger partial charge in [0.25, 0.3) is 11.8 Å². The fourth-order valence-corrected chi connectivity index (χ4v) is 4.31. The lowest BCUT2D eigenvalue weighted by Gasteiger charge is -2.32. The predicted molar refractivity (Wildman–Crippen MR) is 136 cm³/mol. The quantitative estimate of drug-likeness (QED) is 0.405. The molecular formula is C26H44N4O5. The second-order valence-corrected chi connectivity index (χ2v) is 10.5. The summed E-state index contributed by atoms with van der Waals surface area (Å²) in [5.41, 5.74) is 1.80. The van der Waals surface area contributed by atoms with E-state index < -0.39 is 5.41 Å². The number of nitrogens with zero attached hydrogens (tertiary/aromatic N) is 2. The van der Waals surface area contributed by atoms with Crippen LogP contribution in [-0.4, -0.2) is 53.1 Å². The summed E-state index contributed by atoms with van der Waals surface area (Å²) in [5, 5.41) is 17.6. The number of rotatable bonds is 11. The van der Waals surface area contributed by atoms with Crippen molar-refractivity contribution < 1.29 is 24.3 Å². The van der Waals surface area contributed by atoms with E-state index in [4.69, 9.17) is 9.57 Å². The molecule has 1 aliphatic carbocycles. The molecule has 0 saturated heterocycles. The average molecular weight is 493 g/mol. The molecule has 1 aliphatic rings. The third-order valence-electron chi connectivity index (χ3n) is 6.67. The van der Waals surface area contributed by atoms with E-state index in [1.54, 1.807) is 26.1 Å². The minimum Gasteiger partial charge on any atom is -0.477 e. The van der Waals surface area contributed by atoms with Crippen molar-refractivity contribution in [1.29, 1.82) is 0 Å². The van der Waals surface area contributed by atoms with Crippen molar-refractivity contribution in [3.8, 4) is 5.88 Å². The van der Waals surface area contributed by atoms with Crippen molar-refractivity contribution in [2.24, 2.45) is 23.2 Å². The van der Waals surface area contributed by atoms with E-state index in [1.165, 1.54) is 24.4 Å². The molecule has 1 heterocycles. The molecule has 35 heavy (non-hydrogen) atoms. The van der Waals surface area contributed by atoms with E-state index in [9.17, 15) is 14.7 Å². The molecule has 0 aliphatic heterocycles. The molecule has 2 rings (SSSR count). The lowest BCUT2D eigenvalue weighted by Crippen LogP contribution is -2.43. The monoisotopic (exact) mass is 492 g/mol. The van der Waals surface area contributed by atoms with Crippen LogP contribution in [0.15, 0.2) is 12.3 Å². The maximum Gasteiger partial charge on any atom is 0.258 e. The second-order valence-electron chi connectivity index (χ2n) is 10.5. The highest BCUT2D eigenvalue weighted by Gasteiger charge is 2.30. The fraction of sp³-hybridized carbons (Fsp3) is 0.731. The first-order chi connectivity index (χ1) is 16.6. The van der Waals surface area contributed by atoms with E-state index in [2.05, 4.69) is 22.8 Å². The summed E-state index contributed by atoms with van der Waals surface area (Å²) in [6.07, 6.45) is 11.0. The molecule has 9 heteroatoms. The van der Waals surface area contributed by atoms with E-state index >= 15 is 0 Å². The normalized spacial score (nSPS) is 21.5. The van der Waals surface area contributed by atoms with Crippen LogP contribution in [0.3, 0.4) is 0 Å². The van der Waals surface area contributed by atoms with Crippen LogP contribution in [0.4, 0.5) is 0 Å². The van der Waals surface area contributed by atoms with E-state index in [1.807, 2.05) is 13.8 Å². The van der Waals surface area contributed by atoms with Crippen LogP contribution in [0.5, 0.6) is 5.88 Å². The Morgan fingerprint density at radius 2 is 2.03 bits per heavy atom. The molecule has 1 saturated carbocycles. The van der Waals surface area contributed by atoms with Crippen molar-refractivity contribution in [2.45, 2.75) is 79.2 Å². The SMILES string of the molecule is CCC1CCCC[C@H](NC(=O)c2cnn(/C=C/C(C)(C)C(=O)NOC)c2OCC(C)C)C(CO)C1. The second kappa shape index (κ2) is 13.6. The Balaban J connectivity index is 2.27. The van der Waals surface area contributed by atoms with Gasteiger partial charge in [-0.05, 0) is 38.5 Å². The van der Waals surface area contributed by atoms with E-state index in [0.29, 0.717) is 24.0 Å². The minimum atomic E-state index is -0.872. The summed E-state index contributed by atoms with van der Waals surface area (Å²) in [7, 11) is 1.38. The Bertz CT molecular complexity index is 849. The number of nitrogens with one attached hydrogen (secondary N) is 2. The molecule has 2 amide bonds. The first kappa shape index (κ1) is 28.8. The summed E-state index contributed by atoms with van der Waals surface area (Å²) in [6.45, 7) is 10.2. The standard InChI is InChI=1S/C26H44N4O5/c1-7-19-10-8-9-11-22(20(14-19)16-31)28-23(32)21-15-27-30(24(21)35-17-18(2)3)13-12-26(4,5)25(33)29-34-6/h12-13,15,18-20,22,31H,7-11,14,16-17H2,1-6H3,(H,28,32)(H,29,33)/b13-12+/t19?,20?,22-/m0/s1. The predicted octanol–water partition coefficient (Wildman–Crippen LogP) is 3.79. The molecule has 1 aromatic rings. The molecule has 3 N–H and O–H groups in total. The summed E-state index contributed by atoms with van der Waals surface area (Å²) in [6, 6.07) is -0.102. The van der Waals surface area contributed by atoms with Crippen molar-refractivity contribution in [1.82, 2.24) is 20.6 Å². The number of hydroxylamine groups is 1. The number of hydrogen-bond donors (Lipinski definition) is 3. The first-order valence-corrected chi connectivity index (χ1v) is 12.8. The van der Waals surface area contributed by atoms with Gasteiger partial charge in [-0.15, -0.1) is 0 Å². The molecule has 0 bridgehead atoms. The molecule has 1 aromatic heterocycles. The van der Waals surface area contributed by atoms with Gasteiger partial charge in [0.1, 0.15) is 5.56 Å². The van der Waals surface area contributed by atoms with Crippen LogP contribution in [0.2, 0.25) is 0 Å². The highest BCUT2D eigenvalue weighted by molar-refractivity contribution is 5.96. The Hall–Kier alpha value is -2.39. The zero-order valence-electron chi connectivity index (χ0n) is 22.2. The van der Waals surface area contributed by atoms with Crippen LogP contribution in [-0.2, 0) is 9.63 Å². The van der Waals surface area contributed by atoms with Gasteiger partial charge < -0.3 is 15.2 Å². The van der Waals surface area contributed by atoms with Crippen LogP contribution in [0.25, 0.3) is 6.20 Å². The van der Waals surface area contributed by atoms with Gasteiger partial charge in [-0.25, -0.2) is 10.2 Å². The van der Waals surface area contributed by atoms with Crippen LogP contribution in [0, 0.1) is 23.2 Å². The van der Waals surface area contributed by atoms with Gasteiger partial charge in [0.15, 0.2) is 0 Å². The van der Waals surface area contributed by atoms with Gasteiger partial charge >= 0.3 is 0 Å². The average Bonchev–Trinajstić information content (AvgIpc) is 3.21. The molecular weight excluding hydrogens is 448 g/mol. The topological polar surface area (TPSA) is 115 Å². The fourth-order valence-electron chi connectivity index (χ4n) is 4.31. The molecule has 3 atom stereocenters. The Kier molecular flexibility index (Phi) is 11.2. The smallest absolute Gasteiger partial charge is 0.258 e. The number of hydrogen-bond acceptors (Lipinski definition) is 6. The van der Waals surface area contributed by atoms with Crippen molar-refractivity contribution in [3.63, 3.8) is 0 Å². The maximum atomic E-state index is 13.4. The number of carbonyl (C=O) groups is 2. The van der Waals surface area contributed by atoms with Crippen molar-refractivity contribution in [3.05, 3.63) is 17.8 Å². The van der Waals surface area contributed by atoms with Gasteiger partial charge in [0, 0.05) is 24.8 Å². The van der Waals surface area contributed by atoms with E-state index in [-0.39, 0.29) is 36.3 Å². The molecule has 198 valence electrons. The maximum absolute atomic E-state index is 13.4. The van der Waals surface area contributed by atoms with Gasteiger partial charge in [-0.3, -0.25) is 14.4 Å². The number of ether oxygens (including phenoxy) is 1. The zero-order valence-corrected chi connectivity index (χ0v) is 22.2. The van der Waals surface area contributed by atoms with Crippen LogP contribution >= 0.6 is 0 Å². The number of aromatic nitrogens is 2. The number of aliphatic hydroxyl groups excluding tert-OH is 1. The van der Waals surface area contributed by atoms with E-state index in [0.717, 1.165) is 32.1 Å². The summed E-state index contributed by atoms with van der Waals surface area (Å²) < 4.78 is 7.48. The highest BCUT2D eigenvalue weighted by atomic mass is 16.6. The summed E-state index contributed by atoms with van der Waals surface area (Å²) in [5.74, 6) is 0.598. The Labute approximate surface area is 209 Å². The summed E-state index contributed by atoms with van der Waals surface area (Å²) >= 11 is 0. The lowest BCUT2D eigenvalue weighted by atomic mass is 9.80. The van der Waals surface area contributed by atoms with Gasteiger partial charge in [0.05, 0.1) is 25.3 Å². The number of carbonyl (C=O) groups excluding carboxylic acids is 2. The number of aliphatic hydroxyl groups is 1. The molecule has 1 fully saturated rings. The van der Waals surface area contributed by atoms with Crippen molar-refractivity contribution >= 4 is 18.0 Å². The minimum absolute atomic E-state index is 0.0271. The highest BCUT2D eigenvalue weighted by Crippen LogP contribution is 2.30. The third kappa shape index (κ3) is 8.35. The van der Waals surface area contributed by atoms with Gasteiger partial charge in [0.2, 0.25) is 5.88 Å². The molecule has 0 aromatic carbocycles. The third-order valence-corrected chi connectivity index (χ3v) is 6.67. The summed E-state index contributed by atoms with van der Waals surface area (Å²) in [4.78, 5) is 30.3. The molecule has 0 radical (unpaired) electrons. The largest absolute Gasteiger partial charge is 0.477 e. The Morgan fingerprint density at radius 1 is 1.31 bits per heavy atom. The van der Waals surface area contributed by atoms with Crippen LogP contribution in [0.1, 0.15) is 83.5 Å². The van der Waals surface area contributed by atoms with Gasteiger partial charge in [-0.1, -0.05) is 52.5 Å². The molecule has 0 spiro atoms.